The fraction of sp³-hybridized carbons (Fsp3) is 0.318. The molecule has 9 heteroatoms. The fourth-order valence-corrected chi connectivity index (χ4v) is 3.90. The van der Waals surface area contributed by atoms with Gasteiger partial charge in [-0.25, -0.2) is 9.59 Å². The summed E-state index contributed by atoms with van der Waals surface area (Å²) >= 11 is 6.60. The van der Waals surface area contributed by atoms with Gasteiger partial charge in [0.2, 0.25) is 5.91 Å². The van der Waals surface area contributed by atoms with Gasteiger partial charge in [0.1, 0.15) is 5.70 Å². The van der Waals surface area contributed by atoms with Crippen molar-refractivity contribution in [2.75, 3.05) is 50.2 Å². The van der Waals surface area contributed by atoms with E-state index in [0.717, 1.165) is 0 Å². The number of esters is 2. The molecule has 1 saturated heterocycles. The first-order valence-electron chi connectivity index (χ1n) is 9.73. The quantitative estimate of drug-likeness (QED) is 0.659. The number of rotatable bonds is 4. The number of benzene rings is 1. The molecule has 0 N–H and O–H groups in total. The Bertz CT molecular complexity index is 977. The third-order valence-corrected chi connectivity index (χ3v) is 5.46. The van der Waals surface area contributed by atoms with Crippen LogP contribution in [0, 0.1) is 0 Å². The highest BCUT2D eigenvalue weighted by molar-refractivity contribution is 6.34. The van der Waals surface area contributed by atoms with Crippen molar-refractivity contribution in [3.05, 3.63) is 58.9 Å². The Morgan fingerprint density at radius 3 is 2.26 bits per heavy atom. The average Bonchev–Trinajstić information content (AvgIpc) is 3.01. The number of allylic oxidation sites excluding steroid dienone is 2. The minimum atomic E-state index is -0.691. The predicted molar refractivity (Wildman–Crippen MR) is 118 cm³/mol. The number of carbonyl (C=O) groups excluding carboxylic acids is 3. The van der Waals surface area contributed by atoms with Gasteiger partial charge in [-0.2, -0.15) is 0 Å². The number of nitrogens with zero attached hydrogens (tertiary/aromatic N) is 3. The highest BCUT2D eigenvalue weighted by Crippen LogP contribution is 2.40. The molecule has 0 unspecified atom stereocenters. The second-order valence-corrected chi connectivity index (χ2v) is 7.32. The zero-order valence-electron chi connectivity index (χ0n) is 17.6. The topological polar surface area (TPSA) is 79.4 Å². The normalized spacial score (nSPS) is 16.3. The second kappa shape index (κ2) is 9.70. The van der Waals surface area contributed by atoms with Gasteiger partial charge in [-0.15, -0.1) is 0 Å². The first-order valence-corrected chi connectivity index (χ1v) is 10.1. The van der Waals surface area contributed by atoms with Crippen molar-refractivity contribution in [1.29, 1.82) is 0 Å². The lowest BCUT2D eigenvalue weighted by atomic mass is 10.1. The first-order chi connectivity index (χ1) is 14.9. The molecule has 1 aromatic carbocycles. The van der Waals surface area contributed by atoms with E-state index < -0.39 is 11.9 Å². The molecule has 1 aromatic rings. The van der Waals surface area contributed by atoms with Gasteiger partial charge in [0.05, 0.1) is 36.2 Å². The van der Waals surface area contributed by atoms with Crippen molar-refractivity contribution in [2.45, 2.75) is 6.92 Å². The molecule has 164 valence electrons. The Kier molecular flexibility index (Phi) is 7.02. The van der Waals surface area contributed by atoms with Crippen LogP contribution in [-0.2, 0) is 23.9 Å². The lowest BCUT2D eigenvalue weighted by Gasteiger charge is -2.38. The monoisotopic (exact) mass is 445 g/mol. The van der Waals surface area contributed by atoms with Crippen LogP contribution >= 0.6 is 11.6 Å². The van der Waals surface area contributed by atoms with E-state index >= 15 is 0 Å². The van der Waals surface area contributed by atoms with E-state index in [1.165, 1.54) is 20.3 Å². The molecule has 0 bridgehead atoms. The number of halogens is 1. The van der Waals surface area contributed by atoms with Crippen LogP contribution in [-0.4, -0.2) is 63.1 Å². The molecule has 0 spiro atoms. The Morgan fingerprint density at radius 2 is 1.65 bits per heavy atom. The third kappa shape index (κ3) is 4.59. The number of methoxy groups -OCH3 is 2. The van der Waals surface area contributed by atoms with Crippen LogP contribution in [0.5, 0.6) is 0 Å². The molecule has 0 aromatic heterocycles. The van der Waals surface area contributed by atoms with Gasteiger partial charge >= 0.3 is 11.9 Å². The van der Waals surface area contributed by atoms with Gasteiger partial charge in [0.15, 0.2) is 0 Å². The number of hydrogen-bond donors (Lipinski definition) is 0. The van der Waals surface area contributed by atoms with Crippen LogP contribution in [0.1, 0.15) is 6.92 Å². The Balaban J connectivity index is 2.11. The van der Waals surface area contributed by atoms with E-state index in [0.29, 0.717) is 42.6 Å². The summed E-state index contributed by atoms with van der Waals surface area (Å²) in [6, 6.07) is 5.35. The molecule has 1 fully saturated rings. The number of carbonyl (C=O) groups is 3. The van der Waals surface area contributed by atoms with Crippen LogP contribution in [0.25, 0.3) is 0 Å². The molecule has 1 amide bonds. The summed E-state index contributed by atoms with van der Waals surface area (Å²) in [5, 5.41) is 0.489. The van der Waals surface area contributed by atoms with E-state index in [4.69, 9.17) is 21.1 Å². The van der Waals surface area contributed by atoms with E-state index in [1.807, 2.05) is 6.07 Å². The Hall–Kier alpha value is -3.26. The lowest BCUT2D eigenvalue weighted by Crippen LogP contribution is -2.48. The number of para-hydroxylation sites is 1. The van der Waals surface area contributed by atoms with Crippen molar-refractivity contribution < 1.29 is 23.9 Å². The van der Waals surface area contributed by atoms with E-state index in [2.05, 4.69) is 4.90 Å². The molecule has 8 nitrogen and oxygen atoms in total. The summed E-state index contributed by atoms with van der Waals surface area (Å²) in [6.45, 7) is 3.82. The largest absolute Gasteiger partial charge is 0.465 e. The molecule has 2 aliphatic rings. The maximum Gasteiger partial charge on any atom is 0.355 e. The standard InChI is InChI=1S/C22H24ClN3O5/c1-15(27)24-11-13-25(14-12-24)20-17(23)8-6-9-18(20)26-10-5-4-7-16(21(28)30-2)19(26)22(29)31-3/h4-10H,11-14H2,1-3H3. The van der Waals surface area contributed by atoms with Crippen molar-refractivity contribution in [3.8, 4) is 0 Å². The van der Waals surface area contributed by atoms with Gasteiger partial charge in [-0.3, -0.25) is 4.79 Å². The minimum absolute atomic E-state index is 0.0187. The van der Waals surface area contributed by atoms with Gasteiger partial charge in [-0.1, -0.05) is 23.7 Å². The van der Waals surface area contributed by atoms with Gasteiger partial charge in [-0.05, 0) is 24.3 Å². The molecule has 0 saturated carbocycles. The van der Waals surface area contributed by atoms with E-state index in [-0.39, 0.29) is 17.2 Å². The summed E-state index contributed by atoms with van der Waals surface area (Å²) in [6.07, 6.45) is 6.52. The summed E-state index contributed by atoms with van der Waals surface area (Å²) in [5.74, 6) is -1.33. The Labute approximate surface area is 185 Å². The Morgan fingerprint density at radius 1 is 0.968 bits per heavy atom. The molecule has 2 aliphatic heterocycles. The molecule has 0 aliphatic carbocycles. The zero-order valence-corrected chi connectivity index (χ0v) is 18.4. The first kappa shape index (κ1) is 22.4. The number of ether oxygens (including phenoxy) is 2. The molecule has 0 atom stereocenters. The summed E-state index contributed by atoms with van der Waals surface area (Å²) in [5.41, 5.74) is 1.38. The smallest absolute Gasteiger partial charge is 0.355 e. The second-order valence-electron chi connectivity index (χ2n) is 6.92. The van der Waals surface area contributed by atoms with Crippen molar-refractivity contribution in [2.24, 2.45) is 0 Å². The van der Waals surface area contributed by atoms with E-state index in [1.54, 1.807) is 47.2 Å². The van der Waals surface area contributed by atoms with Gasteiger partial charge in [0, 0.05) is 39.3 Å². The van der Waals surface area contributed by atoms with E-state index in [9.17, 15) is 14.4 Å². The highest BCUT2D eigenvalue weighted by Gasteiger charge is 2.31. The maximum absolute atomic E-state index is 12.7. The number of hydrogen-bond acceptors (Lipinski definition) is 7. The predicted octanol–water partition coefficient (Wildman–Crippen LogP) is 2.50. The fourth-order valence-electron chi connectivity index (χ4n) is 3.61. The van der Waals surface area contributed by atoms with Crippen molar-refractivity contribution >= 4 is 40.8 Å². The maximum atomic E-state index is 12.7. The van der Waals surface area contributed by atoms with Crippen molar-refractivity contribution in [3.63, 3.8) is 0 Å². The van der Waals surface area contributed by atoms with Crippen LogP contribution in [0.15, 0.2) is 53.9 Å². The van der Waals surface area contributed by atoms with Gasteiger partial charge < -0.3 is 24.2 Å². The summed E-state index contributed by atoms with van der Waals surface area (Å²) in [7, 11) is 2.50. The zero-order chi connectivity index (χ0) is 22.5. The lowest BCUT2D eigenvalue weighted by molar-refractivity contribution is -0.139. The molecule has 2 heterocycles. The van der Waals surface area contributed by atoms with Crippen LogP contribution in [0.2, 0.25) is 5.02 Å². The van der Waals surface area contributed by atoms with Crippen LogP contribution < -0.4 is 9.80 Å². The molecular weight excluding hydrogens is 422 g/mol. The van der Waals surface area contributed by atoms with Gasteiger partial charge in [0.25, 0.3) is 0 Å². The number of amides is 1. The van der Waals surface area contributed by atoms with Crippen molar-refractivity contribution in [1.82, 2.24) is 4.90 Å². The highest BCUT2D eigenvalue weighted by atomic mass is 35.5. The summed E-state index contributed by atoms with van der Waals surface area (Å²) < 4.78 is 9.85. The molecule has 3 rings (SSSR count). The molecule has 31 heavy (non-hydrogen) atoms. The summed E-state index contributed by atoms with van der Waals surface area (Å²) in [4.78, 5) is 42.3. The molecular formula is C22H24ClN3O5. The average molecular weight is 446 g/mol. The minimum Gasteiger partial charge on any atom is -0.465 e. The third-order valence-electron chi connectivity index (χ3n) is 5.16. The van der Waals surface area contributed by atoms with Crippen LogP contribution in [0.3, 0.4) is 0 Å². The van der Waals surface area contributed by atoms with Crippen LogP contribution in [0.4, 0.5) is 11.4 Å². The SMILES string of the molecule is COC(=O)C1=C(C(=O)OC)N(c2cccc(Cl)c2N2CCN(C(C)=O)CC2)C=CC=C1. The molecule has 0 radical (unpaired) electrons. The number of anilines is 2. The number of piperazine rings is 1.